The molecule has 0 atom stereocenters. The zero-order chi connectivity index (χ0) is 23.6. The molecule has 9 heteroatoms. The summed E-state index contributed by atoms with van der Waals surface area (Å²) in [5.74, 6) is 0.420. The molecule has 1 aliphatic heterocycles. The molecular formula is C23H26ClN3O5. The molecule has 0 bridgehead atoms. The number of fused-ring (bicyclic) bond motifs is 1. The molecule has 8 nitrogen and oxygen atoms in total. The summed E-state index contributed by atoms with van der Waals surface area (Å²) in [5.41, 5.74) is 0.265. The molecule has 3 rings (SSSR count). The first kappa shape index (κ1) is 23.5. The normalized spacial score (nSPS) is 15.1. The molecule has 32 heavy (non-hydrogen) atoms. The Morgan fingerprint density at radius 3 is 2.62 bits per heavy atom. The standard InChI is InChI=1S/C23H26ClN3O5/c1-14(2)9-10-26-19-11-15(5-8-20(19)32-13-23(3,4)22(26)29)25-21(28)17-7-6-16(27(30)31)12-18(17)24/h5-8,11-12,14H,9-10,13H2,1-4H3,(H,25,28). The number of nitro groups is 1. The Bertz CT molecular complexity index is 1070. The van der Waals surface area contributed by atoms with E-state index in [4.69, 9.17) is 16.3 Å². The number of amides is 2. The van der Waals surface area contributed by atoms with E-state index < -0.39 is 16.2 Å². The Labute approximate surface area is 191 Å². The minimum atomic E-state index is -0.689. The molecule has 2 aromatic carbocycles. The van der Waals surface area contributed by atoms with Crippen molar-refractivity contribution in [2.45, 2.75) is 34.1 Å². The second-order valence-corrected chi connectivity index (χ2v) is 9.28. The molecule has 0 saturated carbocycles. The summed E-state index contributed by atoms with van der Waals surface area (Å²) in [7, 11) is 0. The van der Waals surface area contributed by atoms with Gasteiger partial charge in [-0.05, 0) is 50.5 Å². The van der Waals surface area contributed by atoms with Crippen LogP contribution in [0, 0.1) is 21.4 Å². The summed E-state index contributed by atoms with van der Waals surface area (Å²) < 4.78 is 5.91. The van der Waals surface area contributed by atoms with Crippen LogP contribution in [-0.2, 0) is 4.79 Å². The number of carbonyl (C=O) groups is 2. The molecule has 0 aromatic heterocycles. The van der Waals surface area contributed by atoms with Gasteiger partial charge in [-0.15, -0.1) is 0 Å². The zero-order valence-electron chi connectivity index (χ0n) is 18.5. The van der Waals surface area contributed by atoms with E-state index in [0.29, 0.717) is 29.6 Å². The van der Waals surface area contributed by atoms with Gasteiger partial charge in [0.15, 0.2) is 0 Å². The number of benzene rings is 2. The van der Waals surface area contributed by atoms with E-state index in [1.54, 1.807) is 23.1 Å². The minimum absolute atomic E-state index is 0.0229. The van der Waals surface area contributed by atoms with Crippen LogP contribution >= 0.6 is 11.6 Å². The number of nitro benzene ring substituents is 1. The summed E-state index contributed by atoms with van der Waals surface area (Å²) in [6, 6.07) is 8.77. The van der Waals surface area contributed by atoms with Crippen LogP contribution in [0.5, 0.6) is 5.75 Å². The lowest BCUT2D eigenvalue weighted by Gasteiger charge is -2.28. The van der Waals surface area contributed by atoms with Gasteiger partial charge in [0, 0.05) is 24.4 Å². The number of carbonyl (C=O) groups excluding carboxylic acids is 2. The molecule has 0 fully saturated rings. The third-order valence-electron chi connectivity index (χ3n) is 5.26. The fourth-order valence-electron chi connectivity index (χ4n) is 3.33. The topological polar surface area (TPSA) is 102 Å². The van der Waals surface area contributed by atoms with Gasteiger partial charge in [-0.25, -0.2) is 0 Å². The van der Waals surface area contributed by atoms with Crippen LogP contribution in [-0.4, -0.2) is 29.9 Å². The lowest BCUT2D eigenvalue weighted by molar-refractivity contribution is -0.384. The van der Waals surface area contributed by atoms with Gasteiger partial charge in [-0.3, -0.25) is 19.7 Å². The van der Waals surface area contributed by atoms with Crippen molar-refractivity contribution in [2.24, 2.45) is 11.3 Å². The first-order valence-corrected chi connectivity index (χ1v) is 10.7. The maximum atomic E-state index is 13.2. The summed E-state index contributed by atoms with van der Waals surface area (Å²) in [5, 5.41) is 13.6. The van der Waals surface area contributed by atoms with E-state index in [9.17, 15) is 19.7 Å². The molecule has 2 aromatic rings. The van der Waals surface area contributed by atoms with Crippen LogP contribution in [0.3, 0.4) is 0 Å². The number of halogens is 1. The zero-order valence-corrected chi connectivity index (χ0v) is 19.2. The average Bonchev–Trinajstić information content (AvgIpc) is 2.81. The van der Waals surface area contributed by atoms with Crippen molar-refractivity contribution < 1.29 is 19.2 Å². The lowest BCUT2D eigenvalue weighted by atomic mass is 9.92. The van der Waals surface area contributed by atoms with Crippen molar-refractivity contribution in [3.8, 4) is 5.75 Å². The van der Waals surface area contributed by atoms with Gasteiger partial charge < -0.3 is 15.0 Å². The van der Waals surface area contributed by atoms with Gasteiger partial charge >= 0.3 is 0 Å². The van der Waals surface area contributed by atoms with E-state index in [2.05, 4.69) is 19.2 Å². The van der Waals surface area contributed by atoms with Gasteiger partial charge in [0.25, 0.3) is 11.6 Å². The molecule has 0 radical (unpaired) electrons. The van der Waals surface area contributed by atoms with Crippen molar-refractivity contribution in [1.29, 1.82) is 0 Å². The highest BCUT2D eigenvalue weighted by molar-refractivity contribution is 6.34. The first-order chi connectivity index (χ1) is 15.0. The number of non-ortho nitro benzene ring substituents is 1. The Hall–Kier alpha value is -3.13. The van der Waals surface area contributed by atoms with Crippen molar-refractivity contribution >= 4 is 40.5 Å². The van der Waals surface area contributed by atoms with Gasteiger partial charge in [-0.1, -0.05) is 25.4 Å². The maximum Gasteiger partial charge on any atom is 0.270 e. The first-order valence-electron chi connectivity index (χ1n) is 10.3. The Kier molecular flexibility index (Phi) is 6.74. The molecule has 1 heterocycles. The minimum Gasteiger partial charge on any atom is -0.490 e. The fourth-order valence-corrected chi connectivity index (χ4v) is 3.59. The number of anilines is 2. The third-order valence-corrected chi connectivity index (χ3v) is 5.57. The lowest BCUT2D eigenvalue weighted by Crippen LogP contribution is -2.42. The van der Waals surface area contributed by atoms with Gasteiger partial charge in [-0.2, -0.15) is 0 Å². The monoisotopic (exact) mass is 459 g/mol. The molecule has 2 amide bonds. The highest BCUT2D eigenvalue weighted by atomic mass is 35.5. The smallest absolute Gasteiger partial charge is 0.270 e. The summed E-state index contributed by atoms with van der Waals surface area (Å²) in [6.07, 6.45) is 0.816. The second-order valence-electron chi connectivity index (χ2n) is 8.87. The summed E-state index contributed by atoms with van der Waals surface area (Å²) in [6.45, 7) is 8.67. The maximum absolute atomic E-state index is 13.2. The predicted molar refractivity (Wildman–Crippen MR) is 124 cm³/mol. The van der Waals surface area contributed by atoms with E-state index in [-0.39, 0.29) is 28.8 Å². The molecule has 1 aliphatic rings. The number of rotatable bonds is 6. The molecule has 0 unspecified atom stereocenters. The van der Waals surface area contributed by atoms with E-state index in [1.165, 1.54) is 12.1 Å². The Balaban J connectivity index is 1.91. The molecular weight excluding hydrogens is 434 g/mol. The predicted octanol–water partition coefficient (Wildman–Crippen LogP) is 5.30. The highest BCUT2D eigenvalue weighted by Crippen LogP contribution is 2.38. The van der Waals surface area contributed by atoms with Crippen LogP contribution in [0.2, 0.25) is 5.02 Å². The van der Waals surface area contributed by atoms with Gasteiger partial charge in [0.1, 0.15) is 12.4 Å². The molecule has 170 valence electrons. The van der Waals surface area contributed by atoms with Crippen molar-refractivity contribution in [1.82, 2.24) is 0 Å². The second kappa shape index (κ2) is 9.16. The third kappa shape index (κ3) is 5.02. The van der Waals surface area contributed by atoms with Crippen molar-refractivity contribution in [3.05, 3.63) is 57.1 Å². The Morgan fingerprint density at radius 2 is 2.00 bits per heavy atom. The van der Waals surface area contributed by atoms with Crippen LogP contribution in [0.25, 0.3) is 0 Å². The summed E-state index contributed by atoms with van der Waals surface area (Å²) in [4.78, 5) is 38.0. The van der Waals surface area contributed by atoms with E-state index >= 15 is 0 Å². The number of ether oxygens (including phenoxy) is 1. The number of hydrogen-bond acceptors (Lipinski definition) is 5. The summed E-state index contributed by atoms with van der Waals surface area (Å²) >= 11 is 6.08. The SMILES string of the molecule is CC(C)CCN1C(=O)C(C)(C)COc2ccc(NC(=O)c3ccc([N+](=O)[O-])cc3Cl)cc21. The van der Waals surface area contributed by atoms with Crippen LogP contribution in [0.15, 0.2) is 36.4 Å². The van der Waals surface area contributed by atoms with Crippen LogP contribution in [0.4, 0.5) is 17.1 Å². The van der Waals surface area contributed by atoms with Crippen molar-refractivity contribution in [2.75, 3.05) is 23.4 Å². The van der Waals surface area contributed by atoms with Crippen LogP contribution in [0.1, 0.15) is 44.5 Å². The van der Waals surface area contributed by atoms with Crippen molar-refractivity contribution in [3.63, 3.8) is 0 Å². The van der Waals surface area contributed by atoms with Gasteiger partial charge in [0.2, 0.25) is 5.91 Å². The molecule has 0 spiro atoms. The number of nitrogens with zero attached hydrogens (tertiary/aromatic N) is 2. The fraction of sp³-hybridized carbons (Fsp3) is 0.391. The van der Waals surface area contributed by atoms with E-state index in [1.807, 2.05) is 13.8 Å². The molecule has 1 N–H and O–H groups in total. The van der Waals surface area contributed by atoms with E-state index in [0.717, 1.165) is 12.5 Å². The number of nitrogens with one attached hydrogen (secondary N) is 1. The quantitative estimate of drug-likeness (QED) is 0.466. The largest absolute Gasteiger partial charge is 0.490 e. The molecule has 0 aliphatic carbocycles. The number of hydrogen-bond donors (Lipinski definition) is 1. The van der Waals surface area contributed by atoms with Crippen LogP contribution < -0.4 is 15.0 Å². The average molecular weight is 460 g/mol. The molecule has 0 saturated heterocycles. The Morgan fingerprint density at radius 1 is 1.28 bits per heavy atom. The van der Waals surface area contributed by atoms with Gasteiger partial charge in [0.05, 0.1) is 26.6 Å². The highest BCUT2D eigenvalue weighted by Gasteiger charge is 2.37.